The monoisotopic (exact) mass is 540 g/mol. The number of carbonyl (C=O) groups is 2. The third-order valence-corrected chi connectivity index (χ3v) is 6.65. The molecule has 4 aromatic rings. The highest BCUT2D eigenvalue weighted by atomic mass is 35.5. The molecule has 2 aromatic carbocycles. The van der Waals surface area contributed by atoms with Gasteiger partial charge in [-0.15, -0.1) is 0 Å². The predicted molar refractivity (Wildman–Crippen MR) is 145 cm³/mol. The van der Waals surface area contributed by atoms with Gasteiger partial charge in [0.2, 0.25) is 0 Å². The van der Waals surface area contributed by atoms with Crippen LogP contribution in [0.25, 0.3) is 22.0 Å². The zero-order valence-corrected chi connectivity index (χ0v) is 21.7. The summed E-state index contributed by atoms with van der Waals surface area (Å²) in [7, 11) is -3.67. The van der Waals surface area contributed by atoms with E-state index in [9.17, 15) is 22.8 Å². The van der Waals surface area contributed by atoms with Crippen LogP contribution in [0, 0.1) is 0 Å². The molecular weight excluding hydrogens is 516 g/mol. The number of pyridine rings is 1. The maximum Gasteiger partial charge on any atom is 0.319 e. The minimum atomic E-state index is -3.67. The van der Waals surface area contributed by atoms with Crippen molar-refractivity contribution in [1.82, 2.24) is 14.9 Å². The van der Waals surface area contributed by atoms with Crippen LogP contribution >= 0.6 is 11.6 Å². The molecule has 0 aliphatic carbocycles. The first-order valence-corrected chi connectivity index (χ1v) is 13.9. The third-order valence-electron chi connectivity index (χ3n) is 5.63. The number of rotatable bonds is 8. The summed E-state index contributed by atoms with van der Waals surface area (Å²) in [5.41, 5.74) is 2.07. The molecule has 0 atom stereocenters. The van der Waals surface area contributed by atoms with Gasteiger partial charge in [-0.3, -0.25) is 9.59 Å². The van der Waals surface area contributed by atoms with E-state index >= 15 is 0 Å². The first-order valence-electron chi connectivity index (χ1n) is 11.4. The molecule has 0 fully saturated rings. The van der Waals surface area contributed by atoms with Gasteiger partial charge in [0.1, 0.15) is 5.75 Å². The predicted octanol–water partition coefficient (Wildman–Crippen LogP) is 4.07. The van der Waals surface area contributed by atoms with Gasteiger partial charge in [-0.1, -0.05) is 23.7 Å². The van der Waals surface area contributed by atoms with E-state index in [1.54, 1.807) is 53.1 Å². The molecule has 0 spiro atoms. The molecule has 0 radical (unpaired) electrons. The van der Waals surface area contributed by atoms with Crippen LogP contribution in [-0.4, -0.2) is 48.3 Å². The topological polar surface area (TPSA) is 130 Å². The van der Waals surface area contributed by atoms with E-state index < -0.39 is 26.9 Å². The number of nitrogens with one attached hydrogen (secondary N) is 3. The lowest BCUT2D eigenvalue weighted by Gasteiger charge is -2.13. The Hall–Kier alpha value is -3.89. The van der Waals surface area contributed by atoms with Crippen molar-refractivity contribution in [2.45, 2.75) is 13.5 Å². The second-order valence-corrected chi connectivity index (χ2v) is 11.1. The zero-order valence-electron chi connectivity index (χ0n) is 20.2. The Kier molecular flexibility index (Phi) is 7.51. The number of halogens is 1. The first-order chi connectivity index (χ1) is 17.6. The van der Waals surface area contributed by atoms with Crippen LogP contribution in [0.3, 0.4) is 0 Å². The number of Topliss-reactive ketones (excluding diaryl/α,β-unsaturated/α-hetero) is 1. The molecular formula is C26H25ClN4O5S. The molecule has 4 rings (SSSR count). The summed E-state index contributed by atoms with van der Waals surface area (Å²) in [6, 6.07) is 15.0. The molecule has 0 saturated heterocycles. The quantitative estimate of drug-likeness (QED) is 0.290. The number of nitrogens with zero attached hydrogens (tertiary/aromatic N) is 1. The molecule has 0 saturated carbocycles. The summed E-state index contributed by atoms with van der Waals surface area (Å²) in [4.78, 5) is 40.9. The van der Waals surface area contributed by atoms with E-state index in [0.29, 0.717) is 33.7 Å². The number of sulfone groups is 1. The van der Waals surface area contributed by atoms with Gasteiger partial charge in [0.15, 0.2) is 15.6 Å². The van der Waals surface area contributed by atoms with Gasteiger partial charge in [0.25, 0.3) is 5.56 Å². The molecule has 2 heterocycles. The minimum absolute atomic E-state index is 0.0847. The molecule has 0 aliphatic rings. The number of amides is 2. The Morgan fingerprint density at radius 2 is 1.86 bits per heavy atom. The summed E-state index contributed by atoms with van der Waals surface area (Å²) in [6.07, 6.45) is 2.46. The average molecular weight is 541 g/mol. The zero-order chi connectivity index (χ0) is 26.7. The second kappa shape index (κ2) is 10.6. The summed E-state index contributed by atoms with van der Waals surface area (Å²) >= 11 is 6.30. The second-order valence-electron chi connectivity index (χ2n) is 8.56. The highest BCUT2D eigenvalue weighted by molar-refractivity contribution is 7.91. The number of anilines is 1. The summed E-state index contributed by atoms with van der Waals surface area (Å²) < 4.78 is 25.9. The van der Waals surface area contributed by atoms with Crippen molar-refractivity contribution in [1.29, 1.82) is 0 Å². The van der Waals surface area contributed by atoms with E-state index in [2.05, 4.69) is 15.6 Å². The Morgan fingerprint density at radius 1 is 1.08 bits per heavy atom. The van der Waals surface area contributed by atoms with Crippen LogP contribution in [0.15, 0.2) is 65.6 Å². The Morgan fingerprint density at radius 3 is 2.57 bits per heavy atom. The summed E-state index contributed by atoms with van der Waals surface area (Å²) in [6.45, 7) is 2.44. The number of aromatic nitrogens is 2. The van der Waals surface area contributed by atoms with Crippen molar-refractivity contribution in [2.24, 2.45) is 0 Å². The minimum Gasteiger partial charge on any atom is -0.338 e. The highest BCUT2D eigenvalue weighted by Gasteiger charge is 2.27. The number of fused-ring (bicyclic) bond motifs is 1. The molecule has 11 heteroatoms. The number of ketones is 1. The highest BCUT2D eigenvalue weighted by Crippen LogP contribution is 2.36. The SMILES string of the molecule is CCNC(=O)Nc1cccc(Cn2c(C(=O)CS(C)(=O)=O)c(-c3ccc[nH]c3=O)c3cc(Cl)ccc32)c1. The van der Waals surface area contributed by atoms with Crippen LogP contribution in [-0.2, 0) is 16.4 Å². The number of aromatic amines is 1. The van der Waals surface area contributed by atoms with Gasteiger partial charge in [-0.2, -0.15) is 0 Å². The van der Waals surface area contributed by atoms with E-state index in [1.807, 2.05) is 13.0 Å². The molecule has 9 nitrogen and oxygen atoms in total. The van der Waals surface area contributed by atoms with Crippen molar-refractivity contribution >= 4 is 49.8 Å². The third kappa shape index (κ3) is 5.92. The van der Waals surface area contributed by atoms with Crippen LogP contribution in [0.2, 0.25) is 5.02 Å². The molecule has 0 bridgehead atoms. The van der Waals surface area contributed by atoms with Gasteiger partial charge in [-0.05, 0) is 55.0 Å². The standard InChI is InChI=1S/C26H25ClN4O5S/c1-3-28-26(34)30-18-7-4-6-16(12-18)14-31-21-10-9-17(27)13-20(21)23(19-8-5-11-29-25(19)33)24(31)22(32)15-37(2,35)36/h4-13H,3,14-15H2,1-2H3,(H,29,33)(H2,28,30,34). The van der Waals surface area contributed by atoms with Crippen LogP contribution in [0.5, 0.6) is 0 Å². The molecule has 3 N–H and O–H groups in total. The molecule has 2 amide bonds. The van der Waals surface area contributed by atoms with Crippen molar-refractivity contribution in [3.05, 3.63) is 87.4 Å². The van der Waals surface area contributed by atoms with Crippen molar-refractivity contribution in [3.63, 3.8) is 0 Å². The van der Waals surface area contributed by atoms with Gasteiger partial charge >= 0.3 is 6.03 Å². The van der Waals surface area contributed by atoms with Crippen LogP contribution in [0.1, 0.15) is 23.0 Å². The smallest absolute Gasteiger partial charge is 0.319 e. The summed E-state index contributed by atoms with van der Waals surface area (Å²) in [5, 5.41) is 6.35. The van der Waals surface area contributed by atoms with Gasteiger partial charge in [0, 0.05) is 58.3 Å². The van der Waals surface area contributed by atoms with Gasteiger partial charge < -0.3 is 20.2 Å². The van der Waals surface area contributed by atoms with E-state index in [1.165, 1.54) is 6.20 Å². The van der Waals surface area contributed by atoms with Crippen molar-refractivity contribution in [2.75, 3.05) is 23.9 Å². The van der Waals surface area contributed by atoms with Crippen molar-refractivity contribution < 1.29 is 18.0 Å². The largest absolute Gasteiger partial charge is 0.338 e. The first kappa shape index (κ1) is 26.2. The van der Waals surface area contributed by atoms with E-state index in [-0.39, 0.29) is 23.8 Å². The fourth-order valence-corrected chi connectivity index (χ4v) is 5.03. The fraction of sp³-hybridized carbons (Fsp3) is 0.192. The lowest BCUT2D eigenvalue weighted by molar-refractivity contribution is 0.101. The number of benzene rings is 2. The number of carbonyl (C=O) groups excluding carboxylic acids is 2. The molecule has 0 unspecified atom stereocenters. The van der Waals surface area contributed by atoms with E-state index in [4.69, 9.17) is 11.6 Å². The number of urea groups is 1. The Balaban J connectivity index is 1.95. The fourth-order valence-electron chi connectivity index (χ4n) is 4.24. The molecule has 2 aromatic heterocycles. The average Bonchev–Trinajstić information content (AvgIpc) is 3.11. The number of hydrogen-bond acceptors (Lipinski definition) is 5. The van der Waals surface area contributed by atoms with Crippen molar-refractivity contribution in [3.8, 4) is 11.1 Å². The molecule has 37 heavy (non-hydrogen) atoms. The maximum absolute atomic E-state index is 13.5. The van der Waals surface area contributed by atoms with E-state index in [0.717, 1.165) is 11.8 Å². The lowest BCUT2D eigenvalue weighted by Crippen LogP contribution is -2.28. The van der Waals surface area contributed by atoms with Gasteiger partial charge in [-0.25, -0.2) is 13.2 Å². The van der Waals surface area contributed by atoms with Gasteiger partial charge in [0.05, 0.1) is 5.69 Å². The molecule has 0 aliphatic heterocycles. The summed E-state index contributed by atoms with van der Waals surface area (Å²) in [5.74, 6) is -1.38. The normalized spacial score (nSPS) is 11.4. The van der Waals surface area contributed by atoms with Crippen LogP contribution < -0.4 is 16.2 Å². The number of H-pyrrole nitrogens is 1. The van der Waals surface area contributed by atoms with Crippen LogP contribution in [0.4, 0.5) is 10.5 Å². The Bertz CT molecular complexity index is 1670. The Labute approximate surface area is 218 Å². The lowest BCUT2D eigenvalue weighted by atomic mass is 10.0. The maximum atomic E-state index is 13.5. The molecule has 192 valence electrons. The number of hydrogen-bond donors (Lipinski definition) is 3.